The molecule has 0 aliphatic heterocycles. The number of aromatic nitrogens is 2. The van der Waals surface area contributed by atoms with Gasteiger partial charge in [0.2, 0.25) is 0 Å². The molecule has 0 aliphatic carbocycles. The predicted octanol–water partition coefficient (Wildman–Crippen LogP) is 4.83. The molecule has 0 aliphatic rings. The lowest BCUT2D eigenvalue weighted by Crippen LogP contribution is -2.04. The zero-order valence-electron chi connectivity index (χ0n) is 13.7. The molecule has 0 saturated heterocycles. The van der Waals surface area contributed by atoms with Crippen molar-refractivity contribution in [1.82, 2.24) is 9.78 Å². The highest BCUT2D eigenvalue weighted by molar-refractivity contribution is 5.59. The number of halogens is 3. The minimum Gasteiger partial charge on any atom is -0.268 e. The third kappa shape index (κ3) is 3.74. The SMILES string of the molecule is Cc1cc(Cn2ccc(-c3ccc(C(F)(F)F)cc3)n2)ccc1[N+](=O)[O-]. The maximum atomic E-state index is 12.6. The van der Waals surface area contributed by atoms with Crippen molar-refractivity contribution < 1.29 is 18.1 Å². The first-order valence-corrected chi connectivity index (χ1v) is 7.69. The molecule has 0 spiro atoms. The first-order valence-electron chi connectivity index (χ1n) is 7.69. The van der Waals surface area contributed by atoms with Gasteiger partial charge in [0.05, 0.1) is 22.7 Å². The maximum Gasteiger partial charge on any atom is 0.416 e. The molecule has 1 heterocycles. The highest BCUT2D eigenvalue weighted by Crippen LogP contribution is 2.30. The van der Waals surface area contributed by atoms with E-state index in [1.165, 1.54) is 18.2 Å². The van der Waals surface area contributed by atoms with Gasteiger partial charge >= 0.3 is 6.18 Å². The fraction of sp³-hybridized carbons (Fsp3) is 0.167. The molecule has 26 heavy (non-hydrogen) atoms. The highest BCUT2D eigenvalue weighted by atomic mass is 19.4. The van der Waals surface area contributed by atoms with Crippen LogP contribution in [0.25, 0.3) is 11.3 Å². The first-order chi connectivity index (χ1) is 12.2. The number of nitro groups is 1. The lowest BCUT2D eigenvalue weighted by molar-refractivity contribution is -0.385. The van der Waals surface area contributed by atoms with E-state index in [2.05, 4.69) is 5.10 Å². The molecule has 2 aromatic carbocycles. The fourth-order valence-electron chi connectivity index (χ4n) is 2.64. The first kappa shape index (κ1) is 17.7. The molecule has 0 radical (unpaired) electrons. The quantitative estimate of drug-likeness (QED) is 0.494. The number of rotatable bonds is 4. The van der Waals surface area contributed by atoms with Crippen LogP contribution in [-0.4, -0.2) is 14.7 Å². The van der Waals surface area contributed by atoms with Crippen LogP contribution in [0, 0.1) is 17.0 Å². The van der Waals surface area contributed by atoms with E-state index in [0.29, 0.717) is 23.4 Å². The van der Waals surface area contributed by atoms with Gasteiger partial charge in [0.25, 0.3) is 5.69 Å². The Kier molecular flexibility index (Phi) is 4.50. The average Bonchev–Trinajstić information content (AvgIpc) is 3.02. The van der Waals surface area contributed by atoms with E-state index in [-0.39, 0.29) is 5.69 Å². The summed E-state index contributed by atoms with van der Waals surface area (Å²) in [4.78, 5) is 10.4. The summed E-state index contributed by atoms with van der Waals surface area (Å²) in [5.74, 6) is 0. The van der Waals surface area contributed by atoms with Crippen LogP contribution in [0.2, 0.25) is 0 Å². The number of nitro benzene ring substituents is 1. The molecule has 0 saturated carbocycles. The van der Waals surface area contributed by atoms with Crippen LogP contribution in [0.5, 0.6) is 0 Å². The largest absolute Gasteiger partial charge is 0.416 e. The van der Waals surface area contributed by atoms with E-state index >= 15 is 0 Å². The van der Waals surface area contributed by atoms with Crippen molar-refractivity contribution in [2.75, 3.05) is 0 Å². The molecule has 8 heteroatoms. The van der Waals surface area contributed by atoms with E-state index in [0.717, 1.165) is 17.7 Å². The summed E-state index contributed by atoms with van der Waals surface area (Å²) in [5, 5.41) is 15.2. The van der Waals surface area contributed by atoms with Gasteiger partial charge in [0, 0.05) is 23.4 Å². The van der Waals surface area contributed by atoms with Gasteiger partial charge in [0.15, 0.2) is 0 Å². The maximum absolute atomic E-state index is 12.6. The topological polar surface area (TPSA) is 61.0 Å². The molecular formula is C18H14F3N3O2. The zero-order chi connectivity index (χ0) is 18.9. The summed E-state index contributed by atoms with van der Waals surface area (Å²) >= 11 is 0. The predicted molar refractivity (Wildman–Crippen MR) is 89.6 cm³/mol. The van der Waals surface area contributed by atoms with Gasteiger partial charge in [-0.05, 0) is 36.8 Å². The average molecular weight is 361 g/mol. The number of alkyl halides is 3. The van der Waals surface area contributed by atoms with E-state index < -0.39 is 16.7 Å². The van der Waals surface area contributed by atoms with Gasteiger partial charge in [-0.3, -0.25) is 14.8 Å². The van der Waals surface area contributed by atoms with Gasteiger partial charge in [-0.1, -0.05) is 18.2 Å². The summed E-state index contributed by atoms with van der Waals surface area (Å²) in [5.41, 5.74) is 1.88. The van der Waals surface area contributed by atoms with Crippen LogP contribution < -0.4 is 0 Å². The van der Waals surface area contributed by atoms with E-state index in [9.17, 15) is 23.3 Å². The van der Waals surface area contributed by atoms with E-state index in [4.69, 9.17) is 0 Å². The summed E-state index contributed by atoms with van der Waals surface area (Å²) < 4.78 is 39.5. The molecule has 134 valence electrons. The van der Waals surface area contributed by atoms with E-state index in [1.54, 1.807) is 36.0 Å². The second kappa shape index (κ2) is 6.62. The second-order valence-corrected chi connectivity index (χ2v) is 5.85. The molecule has 0 N–H and O–H groups in total. The van der Waals surface area contributed by atoms with Crippen LogP contribution in [0.15, 0.2) is 54.7 Å². The standard InChI is InChI=1S/C18H14F3N3O2/c1-12-10-13(2-7-17(12)24(25)26)11-23-9-8-16(22-23)14-3-5-15(6-4-14)18(19,20)21/h2-10H,11H2,1H3. The summed E-state index contributed by atoms with van der Waals surface area (Å²) in [6.07, 6.45) is -2.66. The van der Waals surface area contributed by atoms with Gasteiger partial charge in [0.1, 0.15) is 0 Å². The Labute approximate surface area is 146 Å². The summed E-state index contributed by atoms with van der Waals surface area (Å²) in [7, 11) is 0. The summed E-state index contributed by atoms with van der Waals surface area (Å²) in [6, 6.07) is 11.3. The van der Waals surface area contributed by atoms with Crippen molar-refractivity contribution in [3.05, 3.63) is 81.5 Å². The van der Waals surface area contributed by atoms with Crippen molar-refractivity contribution in [2.24, 2.45) is 0 Å². The Morgan fingerprint density at radius 3 is 2.38 bits per heavy atom. The number of benzene rings is 2. The Bertz CT molecular complexity index is 947. The third-order valence-corrected chi connectivity index (χ3v) is 3.95. The van der Waals surface area contributed by atoms with Crippen molar-refractivity contribution >= 4 is 5.69 Å². The van der Waals surface area contributed by atoms with E-state index in [1.807, 2.05) is 0 Å². The number of aryl methyl sites for hydroxylation is 1. The van der Waals surface area contributed by atoms with Crippen molar-refractivity contribution in [1.29, 1.82) is 0 Å². The molecule has 0 amide bonds. The Balaban J connectivity index is 1.78. The molecule has 0 atom stereocenters. The van der Waals surface area contributed by atoms with Gasteiger partial charge in [-0.2, -0.15) is 18.3 Å². The number of hydrogen-bond donors (Lipinski definition) is 0. The second-order valence-electron chi connectivity index (χ2n) is 5.85. The van der Waals surface area contributed by atoms with Crippen molar-refractivity contribution in [2.45, 2.75) is 19.6 Å². The highest BCUT2D eigenvalue weighted by Gasteiger charge is 2.30. The van der Waals surface area contributed by atoms with Gasteiger partial charge in [-0.15, -0.1) is 0 Å². The normalized spacial score (nSPS) is 11.5. The third-order valence-electron chi connectivity index (χ3n) is 3.95. The van der Waals surface area contributed by atoms with Crippen molar-refractivity contribution in [3.63, 3.8) is 0 Å². The number of hydrogen-bond acceptors (Lipinski definition) is 3. The van der Waals surface area contributed by atoms with Crippen molar-refractivity contribution in [3.8, 4) is 11.3 Å². The fourth-order valence-corrected chi connectivity index (χ4v) is 2.64. The number of nitrogens with zero attached hydrogens (tertiary/aromatic N) is 3. The molecule has 3 rings (SSSR count). The Morgan fingerprint density at radius 2 is 1.81 bits per heavy atom. The molecule has 0 unspecified atom stereocenters. The Morgan fingerprint density at radius 1 is 1.12 bits per heavy atom. The van der Waals surface area contributed by atoms with Gasteiger partial charge < -0.3 is 0 Å². The molecule has 5 nitrogen and oxygen atoms in total. The minimum atomic E-state index is -4.37. The lowest BCUT2D eigenvalue weighted by Gasteiger charge is -2.06. The monoisotopic (exact) mass is 361 g/mol. The van der Waals surface area contributed by atoms with Crippen LogP contribution in [-0.2, 0) is 12.7 Å². The molecule has 0 fully saturated rings. The van der Waals surface area contributed by atoms with Crippen LogP contribution in [0.4, 0.5) is 18.9 Å². The molecule has 1 aromatic heterocycles. The smallest absolute Gasteiger partial charge is 0.268 e. The minimum absolute atomic E-state index is 0.0552. The molecular weight excluding hydrogens is 347 g/mol. The summed E-state index contributed by atoms with van der Waals surface area (Å²) in [6.45, 7) is 2.07. The van der Waals surface area contributed by atoms with Crippen LogP contribution >= 0.6 is 0 Å². The van der Waals surface area contributed by atoms with Crippen LogP contribution in [0.1, 0.15) is 16.7 Å². The lowest BCUT2D eigenvalue weighted by atomic mass is 10.1. The van der Waals surface area contributed by atoms with Crippen LogP contribution in [0.3, 0.4) is 0 Å². The van der Waals surface area contributed by atoms with Gasteiger partial charge in [-0.25, -0.2) is 0 Å². The Hall–Kier alpha value is -3.16. The molecule has 3 aromatic rings. The zero-order valence-corrected chi connectivity index (χ0v) is 13.7. The molecule has 0 bridgehead atoms.